The quantitative estimate of drug-likeness (QED) is 0.0316. The molecule has 0 radical (unpaired) electrons. The minimum atomic E-state index is -0.897. The SMILES string of the molecule is CC/C=C/C=C/C=C/C=C/C=C/CCCCCC(=O)OCC(COCCC(C(=O)O)[N+](C)(C)C)OC(=O)CCCCC/C=C/C=C/C=C/C=C/C=C/CC. The van der Waals surface area contributed by atoms with Crippen LogP contribution in [0.4, 0.5) is 0 Å². The Bertz CT molecular complexity index is 1290. The molecule has 0 saturated carbocycles. The summed E-state index contributed by atoms with van der Waals surface area (Å²) in [5.74, 6) is -1.60. The van der Waals surface area contributed by atoms with Crippen LogP contribution in [0.1, 0.15) is 97.3 Å². The molecule has 300 valence electrons. The van der Waals surface area contributed by atoms with Crippen molar-refractivity contribution in [3.05, 3.63) is 122 Å². The summed E-state index contributed by atoms with van der Waals surface area (Å²) in [6.07, 6.45) is 49.6. The van der Waals surface area contributed by atoms with Gasteiger partial charge in [-0.05, 0) is 51.4 Å². The van der Waals surface area contributed by atoms with Crippen LogP contribution in [0.3, 0.4) is 0 Å². The van der Waals surface area contributed by atoms with Gasteiger partial charge in [0.25, 0.3) is 0 Å². The molecule has 0 aliphatic rings. The molecule has 0 rings (SSSR count). The van der Waals surface area contributed by atoms with E-state index in [9.17, 15) is 19.5 Å². The summed E-state index contributed by atoms with van der Waals surface area (Å²) in [5, 5.41) is 9.60. The number of aliphatic carboxylic acids is 1. The van der Waals surface area contributed by atoms with Crippen LogP contribution >= 0.6 is 0 Å². The van der Waals surface area contributed by atoms with E-state index in [1.165, 1.54) is 0 Å². The van der Waals surface area contributed by atoms with Gasteiger partial charge in [-0.3, -0.25) is 9.59 Å². The molecule has 0 aromatic heterocycles. The number of ether oxygens (including phenoxy) is 3. The monoisotopic (exact) mass is 749 g/mol. The van der Waals surface area contributed by atoms with Crippen LogP contribution in [0.2, 0.25) is 0 Å². The van der Waals surface area contributed by atoms with Gasteiger partial charge in [0.2, 0.25) is 0 Å². The molecule has 0 saturated heterocycles. The van der Waals surface area contributed by atoms with Crippen molar-refractivity contribution in [2.24, 2.45) is 0 Å². The van der Waals surface area contributed by atoms with Gasteiger partial charge < -0.3 is 23.8 Å². The van der Waals surface area contributed by atoms with Crippen molar-refractivity contribution in [2.75, 3.05) is 41.0 Å². The Morgan fingerprint density at radius 3 is 1.41 bits per heavy atom. The van der Waals surface area contributed by atoms with Crippen LogP contribution in [-0.2, 0) is 28.6 Å². The van der Waals surface area contributed by atoms with E-state index >= 15 is 0 Å². The van der Waals surface area contributed by atoms with E-state index < -0.39 is 18.1 Å². The number of carbonyl (C=O) groups is 3. The average Bonchev–Trinajstić information content (AvgIpc) is 3.12. The van der Waals surface area contributed by atoms with Gasteiger partial charge >= 0.3 is 17.9 Å². The number of carboxylic acids is 1. The number of hydrogen-bond donors (Lipinski definition) is 1. The molecule has 2 atom stereocenters. The number of nitrogens with zero attached hydrogens (tertiary/aromatic N) is 1. The highest BCUT2D eigenvalue weighted by molar-refractivity contribution is 5.72. The Kier molecular flexibility index (Phi) is 32.9. The fourth-order valence-electron chi connectivity index (χ4n) is 4.84. The molecule has 0 amide bonds. The first-order chi connectivity index (χ1) is 26.1. The van der Waals surface area contributed by atoms with E-state index in [2.05, 4.69) is 38.2 Å². The normalized spacial score (nSPS) is 14.3. The Morgan fingerprint density at radius 1 is 0.556 bits per heavy atom. The second kappa shape index (κ2) is 35.7. The second-order valence-electron chi connectivity index (χ2n) is 13.7. The standard InChI is InChI=1S/C46H69NO7/c1-6-8-10-12-14-16-18-20-22-24-26-28-30-32-34-36-44(48)53-41-42(40-52-39-38-43(46(50)51)47(3,4)5)54-45(49)37-35-33-31-29-27-25-23-21-19-17-15-13-11-9-7-2/h8-27,42-43H,6-7,28-41H2,1-5H3/p+1/b10-8+,11-9+,14-12+,15-13+,18-16+,19-17+,22-20+,23-21+,26-24+,27-25+. The number of esters is 2. The molecule has 0 aromatic carbocycles. The molecule has 2 unspecified atom stereocenters. The van der Waals surface area contributed by atoms with Crippen LogP contribution < -0.4 is 0 Å². The molecular weight excluding hydrogens is 679 g/mol. The topological polar surface area (TPSA) is 99.1 Å². The van der Waals surface area contributed by atoms with E-state index in [1.807, 2.05) is 118 Å². The third kappa shape index (κ3) is 33.6. The second-order valence-corrected chi connectivity index (χ2v) is 13.7. The zero-order valence-electron chi connectivity index (χ0n) is 33.9. The summed E-state index contributed by atoms with van der Waals surface area (Å²) in [4.78, 5) is 36.8. The number of quaternary nitrogens is 1. The fraction of sp³-hybridized carbons (Fsp3) is 0.500. The zero-order valence-corrected chi connectivity index (χ0v) is 33.9. The maximum atomic E-state index is 12.7. The highest BCUT2D eigenvalue weighted by Crippen LogP contribution is 2.11. The number of carbonyl (C=O) groups excluding carboxylic acids is 2. The smallest absolute Gasteiger partial charge is 0.362 e. The van der Waals surface area contributed by atoms with Gasteiger partial charge in [-0.2, -0.15) is 0 Å². The summed E-state index contributed by atoms with van der Waals surface area (Å²) in [6.45, 7) is 4.31. The molecular formula is C46H70NO7+. The van der Waals surface area contributed by atoms with Gasteiger partial charge in [0.05, 0.1) is 34.4 Å². The molecule has 0 aliphatic carbocycles. The molecule has 0 fully saturated rings. The van der Waals surface area contributed by atoms with Crippen LogP contribution in [0.25, 0.3) is 0 Å². The molecule has 0 bridgehead atoms. The minimum absolute atomic E-state index is 0.0196. The van der Waals surface area contributed by atoms with Gasteiger partial charge in [-0.15, -0.1) is 0 Å². The van der Waals surface area contributed by atoms with Crippen LogP contribution in [0, 0.1) is 0 Å². The Labute approximate surface area is 327 Å². The molecule has 8 heteroatoms. The first-order valence-corrected chi connectivity index (χ1v) is 19.7. The van der Waals surface area contributed by atoms with Crippen LogP contribution in [-0.4, -0.2) is 80.6 Å². The molecule has 54 heavy (non-hydrogen) atoms. The Morgan fingerprint density at radius 2 is 0.981 bits per heavy atom. The first-order valence-electron chi connectivity index (χ1n) is 19.7. The number of hydrogen-bond acceptors (Lipinski definition) is 6. The Hall–Kier alpha value is -4.27. The van der Waals surface area contributed by atoms with Gasteiger partial charge in [0, 0.05) is 19.3 Å². The third-order valence-electron chi connectivity index (χ3n) is 7.86. The minimum Gasteiger partial charge on any atom is -0.477 e. The summed E-state index contributed by atoms with van der Waals surface area (Å²) in [7, 11) is 5.47. The Balaban J connectivity index is 4.62. The van der Waals surface area contributed by atoms with E-state index in [0.717, 1.165) is 51.4 Å². The van der Waals surface area contributed by atoms with Crippen molar-refractivity contribution in [1.29, 1.82) is 0 Å². The largest absolute Gasteiger partial charge is 0.477 e. The van der Waals surface area contributed by atoms with Gasteiger partial charge in [0.1, 0.15) is 6.61 Å². The van der Waals surface area contributed by atoms with E-state index in [4.69, 9.17) is 14.2 Å². The van der Waals surface area contributed by atoms with E-state index in [0.29, 0.717) is 19.3 Å². The number of likely N-dealkylation sites (N-methyl/N-ethyl adjacent to an activating group) is 1. The average molecular weight is 749 g/mol. The lowest BCUT2D eigenvalue weighted by Gasteiger charge is -2.31. The predicted octanol–water partition coefficient (Wildman–Crippen LogP) is 10.3. The van der Waals surface area contributed by atoms with E-state index in [1.54, 1.807) is 0 Å². The molecule has 0 spiro atoms. The summed E-state index contributed by atoms with van der Waals surface area (Å²) < 4.78 is 17.1. The summed E-state index contributed by atoms with van der Waals surface area (Å²) in [5.41, 5.74) is 0. The number of allylic oxidation sites excluding steroid dienone is 20. The number of rotatable bonds is 32. The maximum absolute atomic E-state index is 12.7. The van der Waals surface area contributed by atoms with Crippen molar-refractivity contribution >= 4 is 17.9 Å². The molecule has 0 heterocycles. The van der Waals surface area contributed by atoms with Crippen LogP contribution in [0.5, 0.6) is 0 Å². The van der Waals surface area contributed by atoms with Gasteiger partial charge in [-0.25, -0.2) is 4.79 Å². The van der Waals surface area contributed by atoms with Crippen LogP contribution in [0.15, 0.2) is 122 Å². The molecule has 1 N–H and O–H groups in total. The van der Waals surface area contributed by atoms with Crippen molar-refractivity contribution < 1.29 is 38.2 Å². The molecule has 0 aromatic rings. The van der Waals surface area contributed by atoms with Crippen molar-refractivity contribution in [1.82, 2.24) is 0 Å². The first kappa shape index (κ1) is 49.7. The summed E-state index contributed by atoms with van der Waals surface area (Å²) in [6, 6.07) is -0.637. The highest BCUT2D eigenvalue weighted by Gasteiger charge is 2.31. The van der Waals surface area contributed by atoms with Gasteiger partial charge in [0.15, 0.2) is 12.1 Å². The van der Waals surface area contributed by atoms with Crippen molar-refractivity contribution in [3.8, 4) is 0 Å². The zero-order chi connectivity index (χ0) is 40.0. The lowest BCUT2D eigenvalue weighted by Crippen LogP contribution is -2.50. The lowest BCUT2D eigenvalue weighted by atomic mass is 10.1. The number of unbranched alkanes of at least 4 members (excludes halogenated alkanes) is 6. The van der Waals surface area contributed by atoms with Crippen molar-refractivity contribution in [2.45, 2.75) is 109 Å². The highest BCUT2D eigenvalue weighted by atomic mass is 16.6. The third-order valence-corrected chi connectivity index (χ3v) is 7.86. The molecule has 8 nitrogen and oxygen atoms in total. The number of carboxylic acid groups (broad SMARTS) is 1. The maximum Gasteiger partial charge on any atom is 0.362 e. The van der Waals surface area contributed by atoms with Gasteiger partial charge in [-0.1, -0.05) is 148 Å². The summed E-state index contributed by atoms with van der Waals surface area (Å²) >= 11 is 0. The lowest BCUT2D eigenvalue weighted by molar-refractivity contribution is -0.887. The predicted molar refractivity (Wildman–Crippen MR) is 224 cm³/mol. The fourth-order valence-corrected chi connectivity index (χ4v) is 4.84. The van der Waals surface area contributed by atoms with E-state index in [-0.39, 0.29) is 49.1 Å². The molecule has 0 aliphatic heterocycles. The van der Waals surface area contributed by atoms with Crippen molar-refractivity contribution in [3.63, 3.8) is 0 Å².